The molecule has 0 atom stereocenters. The highest BCUT2D eigenvalue weighted by molar-refractivity contribution is 7.14. The molecule has 1 fully saturated rings. The molecule has 1 aliphatic rings. The van der Waals surface area contributed by atoms with Crippen LogP contribution in [0.3, 0.4) is 0 Å². The van der Waals surface area contributed by atoms with Crippen LogP contribution >= 0.6 is 22.7 Å². The summed E-state index contributed by atoms with van der Waals surface area (Å²) in [5, 5.41) is 10.1. The van der Waals surface area contributed by atoms with Gasteiger partial charge in [0.15, 0.2) is 5.13 Å². The Morgan fingerprint density at radius 3 is 2.55 bits per heavy atom. The molecular formula is C22H23N3O2S2. The fourth-order valence-electron chi connectivity index (χ4n) is 3.92. The SMILES string of the molecule is O=C(Cc1csc(NC(=O)c2cccs2)n1)NCC1(c2ccccc2)CCCC1. The Kier molecular flexibility index (Phi) is 6.06. The van der Waals surface area contributed by atoms with Crippen molar-refractivity contribution < 1.29 is 9.59 Å². The van der Waals surface area contributed by atoms with Crippen LogP contribution in [0.15, 0.2) is 53.2 Å². The molecule has 2 N–H and O–H groups in total. The number of rotatable bonds is 7. The van der Waals surface area contributed by atoms with Crippen LogP contribution in [0.4, 0.5) is 5.13 Å². The Bertz CT molecular complexity index is 961. The third-order valence-corrected chi connectivity index (χ3v) is 7.10. The number of carbonyl (C=O) groups excluding carboxylic acids is 2. The van der Waals surface area contributed by atoms with Gasteiger partial charge < -0.3 is 5.32 Å². The van der Waals surface area contributed by atoms with Crippen LogP contribution in [0.1, 0.15) is 46.6 Å². The predicted octanol–water partition coefficient (Wildman–Crippen LogP) is 4.63. The van der Waals surface area contributed by atoms with Gasteiger partial charge in [-0.1, -0.05) is 49.2 Å². The molecule has 2 amide bonds. The summed E-state index contributed by atoms with van der Waals surface area (Å²) in [4.78, 5) is 29.7. The summed E-state index contributed by atoms with van der Waals surface area (Å²) < 4.78 is 0. The van der Waals surface area contributed by atoms with E-state index in [0.717, 1.165) is 12.8 Å². The number of carbonyl (C=O) groups is 2. The molecule has 0 radical (unpaired) electrons. The second-order valence-electron chi connectivity index (χ2n) is 7.38. The van der Waals surface area contributed by atoms with E-state index >= 15 is 0 Å². The number of thiophene rings is 1. The predicted molar refractivity (Wildman–Crippen MR) is 118 cm³/mol. The van der Waals surface area contributed by atoms with Gasteiger partial charge in [0.1, 0.15) is 0 Å². The van der Waals surface area contributed by atoms with Crippen molar-refractivity contribution >= 4 is 39.6 Å². The second kappa shape index (κ2) is 8.88. The molecule has 1 aromatic carbocycles. The highest BCUT2D eigenvalue weighted by atomic mass is 32.1. The molecule has 0 spiro atoms. The number of amides is 2. The molecule has 0 aliphatic heterocycles. The number of hydrogen-bond acceptors (Lipinski definition) is 5. The number of anilines is 1. The van der Waals surface area contributed by atoms with Crippen molar-refractivity contribution in [3.05, 3.63) is 69.4 Å². The third kappa shape index (κ3) is 4.74. The van der Waals surface area contributed by atoms with Gasteiger partial charge in [-0.3, -0.25) is 14.9 Å². The fraction of sp³-hybridized carbons (Fsp3) is 0.318. The zero-order valence-electron chi connectivity index (χ0n) is 16.0. The molecule has 0 bridgehead atoms. The molecule has 4 rings (SSSR count). The van der Waals surface area contributed by atoms with E-state index in [1.165, 1.54) is 41.1 Å². The molecule has 1 saturated carbocycles. The van der Waals surface area contributed by atoms with Crippen molar-refractivity contribution in [1.82, 2.24) is 10.3 Å². The topological polar surface area (TPSA) is 71.1 Å². The van der Waals surface area contributed by atoms with Crippen molar-refractivity contribution in [3.8, 4) is 0 Å². The summed E-state index contributed by atoms with van der Waals surface area (Å²) in [6.45, 7) is 0.655. The first-order chi connectivity index (χ1) is 14.1. The lowest BCUT2D eigenvalue weighted by molar-refractivity contribution is -0.120. The minimum absolute atomic E-state index is 0.0337. The minimum Gasteiger partial charge on any atom is -0.355 e. The summed E-state index contributed by atoms with van der Waals surface area (Å²) in [6.07, 6.45) is 4.82. The van der Waals surface area contributed by atoms with Gasteiger partial charge in [-0.25, -0.2) is 4.98 Å². The monoisotopic (exact) mass is 425 g/mol. The number of thiazole rings is 1. The fourth-order valence-corrected chi connectivity index (χ4v) is 5.24. The summed E-state index contributed by atoms with van der Waals surface area (Å²) >= 11 is 2.72. The lowest BCUT2D eigenvalue weighted by atomic mass is 9.79. The Labute approximate surface area is 178 Å². The van der Waals surface area contributed by atoms with Crippen molar-refractivity contribution in [1.29, 1.82) is 0 Å². The maximum absolute atomic E-state index is 12.5. The lowest BCUT2D eigenvalue weighted by Crippen LogP contribution is -2.39. The first-order valence-electron chi connectivity index (χ1n) is 9.76. The molecular weight excluding hydrogens is 402 g/mol. The largest absolute Gasteiger partial charge is 0.355 e. The van der Waals surface area contributed by atoms with E-state index < -0.39 is 0 Å². The van der Waals surface area contributed by atoms with E-state index in [-0.39, 0.29) is 23.7 Å². The van der Waals surface area contributed by atoms with Crippen LogP contribution in [0, 0.1) is 0 Å². The van der Waals surface area contributed by atoms with Gasteiger partial charge in [0.25, 0.3) is 5.91 Å². The van der Waals surface area contributed by atoms with Crippen LogP contribution < -0.4 is 10.6 Å². The molecule has 7 heteroatoms. The highest BCUT2D eigenvalue weighted by Crippen LogP contribution is 2.40. The maximum Gasteiger partial charge on any atom is 0.267 e. The van der Waals surface area contributed by atoms with Crippen LogP contribution in [0.2, 0.25) is 0 Å². The van der Waals surface area contributed by atoms with Gasteiger partial charge in [0, 0.05) is 17.3 Å². The zero-order chi connectivity index (χ0) is 20.1. The van der Waals surface area contributed by atoms with E-state index in [2.05, 4.69) is 39.9 Å². The summed E-state index contributed by atoms with van der Waals surface area (Å²) in [6, 6.07) is 14.1. The molecule has 0 unspecified atom stereocenters. The average molecular weight is 426 g/mol. The average Bonchev–Trinajstić information content (AvgIpc) is 3.50. The zero-order valence-corrected chi connectivity index (χ0v) is 17.7. The number of nitrogens with zero attached hydrogens (tertiary/aromatic N) is 1. The maximum atomic E-state index is 12.5. The van der Waals surface area contributed by atoms with Gasteiger partial charge in [0.2, 0.25) is 5.91 Å². The Hall–Kier alpha value is -2.51. The lowest BCUT2D eigenvalue weighted by Gasteiger charge is -2.30. The molecule has 29 heavy (non-hydrogen) atoms. The van der Waals surface area contributed by atoms with Gasteiger partial charge >= 0.3 is 0 Å². The third-order valence-electron chi connectivity index (χ3n) is 5.43. The van der Waals surface area contributed by atoms with Crippen LogP contribution in [0.5, 0.6) is 0 Å². The molecule has 150 valence electrons. The van der Waals surface area contributed by atoms with E-state index in [1.807, 2.05) is 22.9 Å². The molecule has 1 aliphatic carbocycles. The second-order valence-corrected chi connectivity index (χ2v) is 9.19. The minimum atomic E-state index is -0.170. The normalized spacial score (nSPS) is 15.2. The van der Waals surface area contributed by atoms with E-state index in [9.17, 15) is 9.59 Å². The molecule has 2 heterocycles. The number of hydrogen-bond donors (Lipinski definition) is 2. The first-order valence-corrected chi connectivity index (χ1v) is 11.5. The Morgan fingerprint density at radius 2 is 1.83 bits per heavy atom. The number of aromatic nitrogens is 1. The van der Waals surface area contributed by atoms with Crippen molar-refractivity contribution in [2.45, 2.75) is 37.5 Å². The molecule has 5 nitrogen and oxygen atoms in total. The first kappa shape index (κ1) is 19.8. The Morgan fingerprint density at radius 1 is 1.03 bits per heavy atom. The summed E-state index contributed by atoms with van der Waals surface area (Å²) in [7, 11) is 0. The summed E-state index contributed by atoms with van der Waals surface area (Å²) in [5.41, 5.74) is 2.03. The Balaban J connectivity index is 1.33. The quantitative estimate of drug-likeness (QED) is 0.580. The number of nitrogens with one attached hydrogen (secondary N) is 2. The van der Waals surface area contributed by atoms with Crippen molar-refractivity contribution in [2.24, 2.45) is 0 Å². The smallest absolute Gasteiger partial charge is 0.267 e. The molecule has 2 aromatic heterocycles. The van der Waals surface area contributed by atoms with Crippen LogP contribution in [-0.2, 0) is 16.6 Å². The molecule has 0 saturated heterocycles. The van der Waals surface area contributed by atoms with Crippen LogP contribution in [-0.4, -0.2) is 23.3 Å². The van der Waals surface area contributed by atoms with E-state index in [0.29, 0.717) is 22.2 Å². The van der Waals surface area contributed by atoms with Gasteiger partial charge in [-0.05, 0) is 29.9 Å². The van der Waals surface area contributed by atoms with Crippen LogP contribution in [0.25, 0.3) is 0 Å². The summed E-state index contributed by atoms with van der Waals surface area (Å²) in [5.74, 6) is -0.204. The van der Waals surface area contributed by atoms with E-state index in [1.54, 1.807) is 6.07 Å². The van der Waals surface area contributed by atoms with Crippen molar-refractivity contribution in [3.63, 3.8) is 0 Å². The highest BCUT2D eigenvalue weighted by Gasteiger charge is 2.35. The number of benzene rings is 1. The standard InChI is InChI=1S/C22H23N3O2S2/c26-19(23-15-22(10-4-5-11-22)16-7-2-1-3-8-16)13-17-14-29-21(24-17)25-20(27)18-9-6-12-28-18/h1-3,6-9,12,14H,4-5,10-11,13,15H2,(H,23,26)(H,24,25,27). The van der Waals surface area contributed by atoms with Gasteiger partial charge in [-0.2, -0.15) is 0 Å². The van der Waals surface area contributed by atoms with Crippen molar-refractivity contribution in [2.75, 3.05) is 11.9 Å². The molecule has 3 aromatic rings. The van der Waals surface area contributed by atoms with Gasteiger partial charge in [0.05, 0.1) is 17.0 Å². The van der Waals surface area contributed by atoms with Gasteiger partial charge in [-0.15, -0.1) is 22.7 Å². The van der Waals surface area contributed by atoms with E-state index in [4.69, 9.17) is 0 Å².